The zero-order valence-corrected chi connectivity index (χ0v) is 11.7. The van der Waals surface area contributed by atoms with Gasteiger partial charge in [0.05, 0.1) is 12.2 Å². The SMILES string of the molecule is CC(=O)CCOc1ccc(OC(=O)c2ccccc2)cc1. The van der Waals surface area contributed by atoms with E-state index in [2.05, 4.69) is 0 Å². The quantitative estimate of drug-likeness (QED) is 0.603. The van der Waals surface area contributed by atoms with E-state index in [9.17, 15) is 9.59 Å². The van der Waals surface area contributed by atoms with Gasteiger partial charge < -0.3 is 9.47 Å². The van der Waals surface area contributed by atoms with Gasteiger partial charge in [0, 0.05) is 6.42 Å². The van der Waals surface area contributed by atoms with Crippen molar-refractivity contribution in [1.82, 2.24) is 0 Å². The first-order valence-electron chi connectivity index (χ1n) is 6.64. The van der Waals surface area contributed by atoms with E-state index in [1.807, 2.05) is 6.07 Å². The summed E-state index contributed by atoms with van der Waals surface area (Å²) in [5.41, 5.74) is 0.499. The van der Waals surface area contributed by atoms with E-state index in [1.54, 1.807) is 48.5 Å². The first-order chi connectivity index (χ1) is 10.1. The summed E-state index contributed by atoms with van der Waals surface area (Å²) in [6.07, 6.45) is 0.380. The number of ether oxygens (including phenoxy) is 2. The Kier molecular flexibility index (Phi) is 5.10. The highest BCUT2D eigenvalue weighted by Crippen LogP contribution is 2.18. The van der Waals surface area contributed by atoms with Gasteiger partial charge in [-0.2, -0.15) is 0 Å². The number of benzene rings is 2. The smallest absolute Gasteiger partial charge is 0.343 e. The van der Waals surface area contributed by atoms with Gasteiger partial charge in [-0.25, -0.2) is 4.79 Å². The molecule has 0 aliphatic carbocycles. The fraction of sp³-hybridized carbons (Fsp3) is 0.176. The van der Waals surface area contributed by atoms with Crippen molar-refractivity contribution in [2.24, 2.45) is 0 Å². The number of carbonyl (C=O) groups excluding carboxylic acids is 2. The molecule has 0 spiro atoms. The van der Waals surface area contributed by atoms with Gasteiger partial charge >= 0.3 is 5.97 Å². The standard InChI is InChI=1S/C17H16O4/c1-13(18)11-12-20-15-7-9-16(10-8-15)21-17(19)14-5-3-2-4-6-14/h2-10H,11-12H2,1H3. The topological polar surface area (TPSA) is 52.6 Å². The van der Waals surface area contributed by atoms with Gasteiger partial charge in [0.1, 0.15) is 17.3 Å². The van der Waals surface area contributed by atoms with Gasteiger partial charge in [-0.1, -0.05) is 18.2 Å². The van der Waals surface area contributed by atoms with Gasteiger partial charge in [0.2, 0.25) is 0 Å². The van der Waals surface area contributed by atoms with Crippen LogP contribution in [0.1, 0.15) is 23.7 Å². The zero-order valence-electron chi connectivity index (χ0n) is 11.7. The second kappa shape index (κ2) is 7.24. The molecule has 0 bridgehead atoms. The lowest BCUT2D eigenvalue weighted by Gasteiger charge is -2.07. The third kappa shape index (κ3) is 4.76. The number of hydrogen-bond acceptors (Lipinski definition) is 4. The fourth-order valence-electron chi connectivity index (χ4n) is 1.66. The van der Waals surface area contributed by atoms with Crippen LogP contribution < -0.4 is 9.47 Å². The first kappa shape index (κ1) is 14.8. The summed E-state index contributed by atoms with van der Waals surface area (Å²) >= 11 is 0. The van der Waals surface area contributed by atoms with Crippen LogP contribution in [0.25, 0.3) is 0 Å². The molecule has 0 amide bonds. The molecule has 0 atom stereocenters. The van der Waals surface area contributed by atoms with Crippen molar-refractivity contribution in [2.75, 3.05) is 6.61 Å². The Labute approximate surface area is 123 Å². The highest BCUT2D eigenvalue weighted by molar-refractivity contribution is 5.90. The maximum absolute atomic E-state index is 11.9. The Morgan fingerprint density at radius 2 is 1.52 bits per heavy atom. The van der Waals surface area contributed by atoms with Crippen molar-refractivity contribution < 1.29 is 19.1 Å². The molecule has 0 radical (unpaired) electrons. The molecule has 0 aliphatic rings. The second-order valence-electron chi connectivity index (χ2n) is 4.53. The van der Waals surface area contributed by atoms with Gasteiger partial charge in [0.15, 0.2) is 0 Å². The van der Waals surface area contributed by atoms with E-state index >= 15 is 0 Å². The number of carbonyl (C=O) groups is 2. The second-order valence-corrected chi connectivity index (χ2v) is 4.53. The lowest BCUT2D eigenvalue weighted by atomic mass is 10.2. The van der Waals surface area contributed by atoms with E-state index in [-0.39, 0.29) is 5.78 Å². The molecule has 0 N–H and O–H groups in total. The molecular formula is C17H16O4. The molecule has 21 heavy (non-hydrogen) atoms. The fourth-order valence-corrected chi connectivity index (χ4v) is 1.66. The van der Waals surface area contributed by atoms with Crippen LogP contribution >= 0.6 is 0 Å². The lowest BCUT2D eigenvalue weighted by molar-refractivity contribution is -0.117. The largest absolute Gasteiger partial charge is 0.493 e. The van der Waals surface area contributed by atoms with E-state index < -0.39 is 5.97 Å². The third-order valence-corrected chi connectivity index (χ3v) is 2.77. The van der Waals surface area contributed by atoms with Crippen LogP contribution in [0.3, 0.4) is 0 Å². The summed E-state index contributed by atoms with van der Waals surface area (Å²) in [7, 11) is 0. The molecule has 0 saturated carbocycles. The van der Waals surface area contributed by atoms with Gasteiger partial charge in [-0.3, -0.25) is 4.79 Å². The van der Waals surface area contributed by atoms with E-state index in [0.717, 1.165) is 0 Å². The van der Waals surface area contributed by atoms with Crippen LogP contribution in [0.2, 0.25) is 0 Å². The van der Waals surface area contributed by atoms with Gasteiger partial charge in [-0.15, -0.1) is 0 Å². The Morgan fingerprint density at radius 1 is 0.905 bits per heavy atom. The highest BCUT2D eigenvalue weighted by Gasteiger charge is 2.07. The molecule has 2 aromatic rings. The van der Waals surface area contributed by atoms with Crippen LogP contribution in [0.15, 0.2) is 54.6 Å². The summed E-state index contributed by atoms with van der Waals surface area (Å²) in [6.45, 7) is 1.87. The first-order valence-corrected chi connectivity index (χ1v) is 6.64. The minimum Gasteiger partial charge on any atom is -0.493 e. The molecule has 0 fully saturated rings. The molecule has 0 heterocycles. The minimum absolute atomic E-state index is 0.0865. The number of Topliss-reactive ketones (excluding diaryl/α,β-unsaturated/α-hetero) is 1. The van der Waals surface area contributed by atoms with Crippen molar-refractivity contribution in [3.63, 3.8) is 0 Å². The molecule has 0 aliphatic heterocycles. The maximum Gasteiger partial charge on any atom is 0.343 e. The predicted octanol–water partition coefficient (Wildman–Crippen LogP) is 3.26. The highest BCUT2D eigenvalue weighted by atomic mass is 16.5. The van der Waals surface area contributed by atoms with E-state index in [4.69, 9.17) is 9.47 Å². The molecule has 4 heteroatoms. The minimum atomic E-state index is -0.402. The van der Waals surface area contributed by atoms with Crippen LogP contribution in [-0.4, -0.2) is 18.4 Å². The predicted molar refractivity (Wildman–Crippen MR) is 78.6 cm³/mol. The number of ketones is 1. The molecule has 0 saturated heterocycles. The normalized spacial score (nSPS) is 9.95. The molecule has 4 nitrogen and oxygen atoms in total. The molecule has 2 aromatic carbocycles. The maximum atomic E-state index is 11.9. The monoisotopic (exact) mass is 284 g/mol. The van der Waals surface area contributed by atoms with Crippen molar-refractivity contribution in [1.29, 1.82) is 0 Å². The van der Waals surface area contributed by atoms with Crippen molar-refractivity contribution in [3.8, 4) is 11.5 Å². The molecular weight excluding hydrogens is 268 g/mol. The zero-order chi connectivity index (χ0) is 15.1. The Bertz CT molecular complexity index is 602. The van der Waals surface area contributed by atoms with Crippen LogP contribution in [-0.2, 0) is 4.79 Å². The summed E-state index contributed by atoms with van der Waals surface area (Å²) < 4.78 is 10.6. The molecule has 0 unspecified atom stereocenters. The third-order valence-electron chi connectivity index (χ3n) is 2.77. The summed E-state index contributed by atoms with van der Waals surface area (Å²) in [6, 6.07) is 15.5. The van der Waals surface area contributed by atoms with Gasteiger partial charge in [0.25, 0.3) is 0 Å². The number of hydrogen-bond donors (Lipinski definition) is 0. The Morgan fingerprint density at radius 3 is 2.14 bits per heavy atom. The van der Waals surface area contributed by atoms with Crippen molar-refractivity contribution in [2.45, 2.75) is 13.3 Å². The summed E-state index contributed by atoms with van der Waals surface area (Å²) in [5, 5.41) is 0. The average molecular weight is 284 g/mol. The Balaban J connectivity index is 1.90. The van der Waals surface area contributed by atoms with Crippen molar-refractivity contribution in [3.05, 3.63) is 60.2 Å². The van der Waals surface area contributed by atoms with Crippen LogP contribution in [0.4, 0.5) is 0 Å². The van der Waals surface area contributed by atoms with Crippen molar-refractivity contribution >= 4 is 11.8 Å². The molecule has 108 valence electrons. The van der Waals surface area contributed by atoms with Gasteiger partial charge in [-0.05, 0) is 43.3 Å². The average Bonchev–Trinajstić information content (AvgIpc) is 2.49. The summed E-state index contributed by atoms with van der Waals surface area (Å²) in [4.78, 5) is 22.7. The van der Waals surface area contributed by atoms with E-state index in [1.165, 1.54) is 6.92 Å². The van der Waals surface area contributed by atoms with E-state index in [0.29, 0.717) is 30.1 Å². The Hall–Kier alpha value is -2.62. The number of rotatable bonds is 6. The number of esters is 1. The molecule has 2 rings (SSSR count). The lowest BCUT2D eigenvalue weighted by Crippen LogP contribution is -2.08. The van der Waals surface area contributed by atoms with Crippen LogP contribution in [0, 0.1) is 0 Å². The summed E-state index contributed by atoms with van der Waals surface area (Å²) in [5.74, 6) is 0.766. The molecule has 0 aromatic heterocycles. The van der Waals surface area contributed by atoms with Crippen LogP contribution in [0.5, 0.6) is 11.5 Å².